The first-order chi connectivity index (χ1) is 11.1. The van der Waals surface area contributed by atoms with Crippen molar-refractivity contribution in [3.05, 3.63) is 40.7 Å². The van der Waals surface area contributed by atoms with E-state index in [1.165, 1.54) is 16.1 Å². The highest BCUT2D eigenvalue weighted by atomic mass is 32.1. The first kappa shape index (κ1) is 15.1. The largest absolute Gasteiger partial charge is 0.497 e. The van der Waals surface area contributed by atoms with E-state index in [9.17, 15) is 4.79 Å². The number of nitrogens with zero attached hydrogens (tertiary/aromatic N) is 5. The standard InChI is InChI=1S/C14H14N6O2S/c1-8-9(2)23-14(15-8)16-13(21)12-17-19-20(18-12)10-4-6-11(22-3)7-5-10/h4-7H,1-3H3,(H,15,16,21). The average Bonchev–Trinajstić information content (AvgIpc) is 3.15. The fourth-order valence-corrected chi connectivity index (χ4v) is 2.62. The topological polar surface area (TPSA) is 94.8 Å². The number of aryl methyl sites for hydroxylation is 2. The number of tetrazole rings is 1. The molecular weight excluding hydrogens is 316 g/mol. The summed E-state index contributed by atoms with van der Waals surface area (Å²) in [6, 6.07) is 7.10. The first-order valence-corrected chi connectivity index (χ1v) is 7.58. The number of anilines is 1. The number of rotatable bonds is 4. The fraction of sp³-hybridized carbons (Fsp3) is 0.214. The molecule has 2 heterocycles. The number of carbonyl (C=O) groups is 1. The molecule has 0 fully saturated rings. The first-order valence-electron chi connectivity index (χ1n) is 6.76. The summed E-state index contributed by atoms with van der Waals surface area (Å²) in [6.45, 7) is 3.83. The molecule has 3 rings (SSSR count). The lowest BCUT2D eigenvalue weighted by molar-refractivity contribution is 0.101. The van der Waals surface area contributed by atoms with Crippen LogP contribution in [0.15, 0.2) is 24.3 Å². The van der Waals surface area contributed by atoms with Gasteiger partial charge in [0.15, 0.2) is 5.13 Å². The maximum Gasteiger partial charge on any atom is 0.299 e. The molecule has 0 aliphatic rings. The summed E-state index contributed by atoms with van der Waals surface area (Å²) in [6.07, 6.45) is 0. The van der Waals surface area contributed by atoms with E-state index in [-0.39, 0.29) is 5.82 Å². The zero-order valence-electron chi connectivity index (χ0n) is 12.8. The van der Waals surface area contributed by atoms with Crippen LogP contribution in [0.3, 0.4) is 0 Å². The van der Waals surface area contributed by atoms with Crippen molar-refractivity contribution in [3.8, 4) is 11.4 Å². The van der Waals surface area contributed by atoms with Gasteiger partial charge in [0.1, 0.15) is 5.75 Å². The molecule has 0 aliphatic heterocycles. The minimum Gasteiger partial charge on any atom is -0.497 e. The number of ether oxygens (including phenoxy) is 1. The van der Waals surface area contributed by atoms with Crippen LogP contribution in [0.2, 0.25) is 0 Å². The SMILES string of the molecule is COc1ccc(-n2nnc(C(=O)Nc3nc(C)c(C)s3)n2)cc1. The zero-order valence-corrected chi connectivity index (χ0v) is 13.6. The number of thiazole rings is 1. The summed E-state index contributed by atoms with van der Waals surface area (Å²) < 4.78 is 5.09. The summed E-state index contributed by atoms with van der Waals surface area (Å²) in [7, 11) is 1.59. The van der Waals surface area contributed by atoms with Gasteiger partial charge in [-0.2, -0.15) is 0 Å². The molecule has 2 aromatic heterocycles. The number of aromatic nitrogens is 5. The molecule has 1 N–H and O–H groups in total. The number of amides is 1. The van der Waals surface area contributed by atoms with Crippen molar-refractivity contribution in [3.63, 3.8) is 0 Å². The van der Waals surface area contributed by atoms with Crippen molar-refractivity contribution in [1.29, 1.82) is 0 Å². The van der Waals surface area contributed by atoms with E-state index in [0.29, 0.717) is 10.8 Å². The Morgan fingerprint density at radius 3 is 2.61 bits per heavy atom. The van der Waals surface area contributed by atoms with Crippen LogP contribution in [0.5, 0.6) is 5.75 Å². The highest BCUT2D eigenvalue weighted by Crippen LogP contribution is 2.21. The smallest absolute Gasteiger partial charge is 0.299 e. The van der Waals surface area contributed by atoms with Gasteiger partial charge in [0.05, 0.1) is 18.5 Å². The Kier molecular flexibility index (Phi) is 4.02. The monoisotopic (exact) mass is 330 g/mol. The van der Waals surface area contributed by atoms with Gasteiger partial charge in [-0.15, -0.1) is 26.3 Å². The number of nitrogens with one attached hydrogen (secondary N) is 1. The number of hydrogen-bond acceptors (Lipinski definition) is 7. The van der Waals surface area contributed by atoms with Crippen LogP contribution in [0.25, 0.3) is 5.69 Å². The van der Waals surface area contributed by atoms with Gasteiger partial charge >= 0.3 is 0 Å². The molecule has 0 saturated heterocycles. The fourth-order valence-electron chi connectivity index (χ4n) is 1.81. The number of benzene rings is 1. The second-order valence-corrected chi connectivity index (χ2v) is 5.92. The third kappa shape index (κ3) is 3.19. The van der Waals surface area contributed by atoms with Crippen molar-refractivity contribution in [2.75, 3.05) is 12.4 Å². The molecule has 23 heavy (non-hydrogen) atoms. The maximum absolute atomic E-state index is 12.1. The van der Waals surface area contributed by atoms with Gasteiger partial charge in [-0.05, 0) is 43.3 Å². The highest BCUT2D eigenvalue weighted by Gasteiger charge is 2.16. The molecule has 1 aromatic carbocycles. The van der Waals surface area contributed by atoms with Gasteiger partial charge in [-0.1, -0.05) is 0 Å². The third-order valence-corrected chi connectivity index (χ3v) is 4.16. The quantitative estimate of drug-likeness (QED) is 0.786. The minimum absolute atomic E-state index is 0.0219. The summed E-state index contributed by atoms with van der Waals surface area (Å²) in [5, 5.41) is 14.9. The number of carbonyl (C=O) groups excluding carboxylic acids is 1. The number of hydrogen-bond donors (Lipinski definition) is 1. The average molecular weight is 330 g/mol. The predicted molar refractivity (Wildman–Crippen MR) is 85.2 cm³/mol. The Morgan fingerprint density at radius 1 is 1.26 bits per heavy atom. The molecule has 0 atom stereocenters. The van der Waals surface area contributed by atoms with Crippen LogP contribution >= 0.6 is 11.3 Å². The number of methoxy groups -OCH3 is 1. The summed E-state index contributed by atoms with van der Waals surface area (Å²) in [4.78, 5) is 18.7. The molecule has 0 unspecified atom stereocenters. The van der Waals surface area contributed by atoms with Crippen LogP contribution in [0.1, 0.15) is 21.2 Å². The lowest BCUT2D eigenvalue weighted by Gasteiger charge is -2.00. The van der Waals surface area contributed by atoms with Gasteiger partial charge in [-0.3, -0.25) is 10.1 Å². The van der Waals surface area contributed by atoms with Crippen LogP contribution < -0.4 is 10.1 Å². The Hall–Kier alpha value is -2.81. The third-order valence-electron chi connectivity index (χ3n) is 3.17. The van der Waals surface area contributed by atoms with Crippen molar-refractivity contribution in [2.24, 2.45) is 0 Å². The Morgan fingerprint density at radius 2 is 2.00 bits per heavy atom. The van der Waals surface area contributed by atoms with E-state index >= 15 is 0 Å². The Bertz CT molecular complexity index is 820. The Balaban J connectivity index is 1.76. The van der Waals surface area contributed by atoms with Gasteiger partial charge in [-0.25, -0.2) is 4.98 Å². The molecular formula is C14H14N6O2S. The molecule has 0 bridgehead atoms. The molecule has 8 nitrogen and oxygen atoms in total. The van der Waals surface area contributed by atoms with E-state index in [0.717, 1.165) is 16.3 Å². The second-order valence-electron chi connectivity index (χ2n) is 4.72. The highest BCUT2D eigenvalue weighted by molar-refractivity contribution is 7.15. The van der Waals surface area contributed by atoms with Gasteiger partial charge in [0.2, 0.25) is 0 Å². The molecule has 0 saturated carbocycles. The van der Waals surface area contributed by atoms with Crippen molar-refractivity contribution in [1.82, 2.24) is 25.2 Å². The molecule has 9 heteroatoms. The van der Waals surface area contributed by atoms with Gasteiger partial charge < -0.3 is 4.74 Å². The lowest BCUT2D eigenvalue weighted by atomic mass is 10.3. The summed E-state index contributed by atoms with van der Waals surface area (Å²) >= 11 is 1.40. The molecule has 3 aromatic rings. The molecule has 0 spiro atoms. The van der Waals surface area contributed by atoms with Crippen molar-refractivity contribution in [2.45, 2.75) is 13.8 Å². The van der Waals surface area contributed by atoms with E-state index < -0.39 is 5.91 Å². The molecule has 0 radical (unpaired) electrons. The summed E-state index contributed by atoms with van der Waals surface area (Å²) in [5.74, 6) is 0.256. The van der Waals surface area contributed by atoms with Crippen LogP contribution in [-0.4, -0.2) is 38.2 Å². The summed E-state index contributed by atoms with van der Waals surface area (Å²) in [5.41, 5.74) is 1.57. The van der Waals surface area contributed by atoms with Crippen LogP contribution in [0.4, 0.5) is 5.13 Å². The molecule has 1 amide bonds. The van der Waals surface area contributed by atoms with Crippen molar-refractivity contribution >= 4 is 22.4 Å². The second kappa shape index (κ2) is 6.13. The predicted octanol–water partition coefficient (Wildman–Crippen LogP) is 2.00. The zero-order chi connectivity index (χ0) is 16.4. The Labute approximate surface area is 136 Å². The maximum atomic E-state index is 12.1. The van der Waals surface area contributed by atoms with E-state index in [4.69, 9.17) is 4.74 Å². The molecule has 118 valence electrons. The van der Waals surface area contributed by atoms with Crippen molar-refractivity contribution < 1.29 is 9.53 Å². The normalized spacial score (nSPS) is 10.6. The van der Waals surface area contributed by atoms with E-state index in [1.807, 2.05) is 13.8 Å². The van der Waals surface area contributed by atoms with Gasteiger partial charge in [0.25, 0.3) is 11.7 Å². The minimum atomic E-state index is -0.446. The van der Waals surface area contributed by atoms with E-state index in [1.54, 1.807) is 31.4 Å². The van der Waals surface area contributed by atoms with E-state index in [2.05, 4.69) is 25.7 Å². The van der Waals surface area contributed by atoms with Crippen LogP contribution in [-0.2, 0) is 0 Å². The van der Waals surface area contributed by atoms with Gasteiger partial charge in [0, 0.05) is 4.88 Å². The van der Waals surface area contributed by atoms with Crippen LogP contribution in [0, 0.1) is 13.8 Å². The molecule has 0 aliphatic carbocycles. The lowest BCUT2D eigenvalue weighted by Crippen LogP contribution is -2.14.